The molecule has 0 amide bonds. The zero-order valence-corrected chi connectivity index (χ0v) is 16.8. The molecule has 29 heavy (non-hydrogen) atoms. The molecule has 0 bridgehead atoms. The first kappa shape index (κ1) is 18.9. The highest BCUT2D eigenvalue weighted by atomic mass is 16.5. The summed E-state index contributed by atoms with van der Waals surface area (Å²) in [4.78, 5) is 0. The van der Waals surface area contributed by atoms with Crippen LogP contribution in [0.15, 0.2) is 73.1 Å². The highest BCUT2D eigenvalue weighted by Gasteiger charge is 2.17. The summed E-state index contributed by atoms with van der Waals surface area (Å²) in [5, 5.41) is 13.8. The summed E-state index contributed by atoms with van der Waals surface area (Å²) < 4.78 is 8.63. The number of fused-ring (bicyclic) bond motifs is 1. The summed E-state index contributed by atoms with van der Waals surface area (Å²) in [5.41, 5.74) is 6.16. The summed E-state index contributed by atoms with van der Waals surface area (Å²) in [7, 11) is 0. The second-order valence-electron chi connectivity index (χ2n) is 6.98. The number of aromatic nitrogens is 2. The third kappa shape index (κ3) is 4.04. The van der Waals surface area contributed by atoms with Gasteiger partial charge in [-0.25, -0.2) is 0 Å². The molecule has 0 spiro atoms. The van der Waals surface area contributed by atoms with Crippen LogP contribution in [0.2, 0.25) is 0 Å². The maximum Gasteiger partial charge on any atom is 0.290 e. The van der Waals surface area contributed by atoms with Crippen molar-refractivity contribution in [1.29, 1.82) is 0 Å². The first-order valence-electron chi connectivity index (χ1n) is 9.99. The Bertz CT molecular complexity index is 1100. The Morgan fingerprint density at radius 1 is 0.931 bits per heavy atom. The summed E-state index contributed by atoms with van der Waals surface area (Å²) in [5.74, 6) is 0.836. The van der Waals surface area contributed by atoms with Crippen LogP contribution in [0.1, 0.15) is 25.0 Å². The van der Waals surface area contributed by atoms with E-state index in [1.165, 1.54) is 11.1 Å². The lowest BCUT2D eigenvalue weighted by molar-refractivity contribution is -0.570. The van der Waals surface area contributed by atoms with E-state index in [1.807, 2.05) is 54.0 Å². The zero-order valence-electron chi connectivity index (χ0n) is 16.8. The second kappa shape index (κ2) is 8.27. The number of nitrogens with zero attached hydrogens (tertiary/aromatic N) is 2. The zero-order chi connectivity index (χ0) is 20.2. The quantitative estimate of drug-likeness (QED) is 0.355. The molecule has 5 heteroatoms. The van der Waals surface area contributed by atoms with Gasteiger partial charge in [-0.15, -0.1) is 0 Å². The molecule has 148 valence electrons. The van der Waals surface area contributed by atoms with Gasteiger partial charge in [0.25, 0.3) is 6.33 Å². The molecule has 0 unspecified atom stereocenters. The molecule has 0 aliphatic rings. The molecule has 0 atom stereocenters. The highest BCUT2D eigenvalue weighted by molar-refractivity contribution is 5.77. The van der Waals surface area contributed by atoms with E-state index in [-0.39, 0.29) is 0 Å². The minimum atomic E-state index is 0.640. The molecule has 4 rings (SSSR count). The first-order valence-corrected chi connectivity index (χ1v) is 9.99. The number of rotatable bonds is 7. The Morgan fingerprint density at radius 2 is 1.66 bits per heavy atom. The minimum absolute atomic E-state index is 0.640. The number of anilines is 1. The molecule has 0 fully saturated rings. The van der Waals surface area contributed by atoms with Crippen molar-refractivity contribution in [3.63, 3.8) is 0 Å². The van der Waals surface area contributed by atoms with Gasteiger partial charge in [0.1, 0.15) is 11.4 Å². The van der Waals surface area contributed by atoms with Gasteiger partial charge in [0.2, 0.25) is 5.52 Å². The van der Waals surface area contributed by atoms with Crippen molar-refractivity contribution in [2.45, 2.75) is 26.8 Å². The van der Waals surface area contributed by atoms with Crippen molar-refractivity contribution in [3.8, 4) is 11.4 Å². The van der Waals surface area contributed by atoms with Crippen LogP contribution < -0.4 is 14.6 Å². The third-order valence-corrected chi connectivity index (χ3v) is 5.06. The van der Waals surface area contributed by atoms with Crippen molar-refractivity contribution in [2.24, 2.45) is 0 Å². The summed E-state index contributed by atoms with van der Waals surface area (Å²) in [6.07, 6.45) is 2.72. The van der Waals surface area contributed by atoms with E-state index in [4.69, 9.17) is 4.74 Å². The number of hydrogen-bond donors (Lipinski definition) is 2. The van der Waals surface area contributed by atoms with E-state index in [1.54, 1.807) is 6.33 Å². The maximum absolute atomic E-state index is 10.4. The average Bonchev–Trinajstić information content (AvgIpc) is 3.09. The maximum atomic E-state index is 10.4. The number of nitrogens with one attached hydrogen (secondary N) is 1. The van der Waals surface area contributed by atoms with Crippen LogP contribution >= 0.6 is 0 Å². The van der Waals surface area contributed by atoms with Crippen LogP contribution in [0.3, 0.4) is 0 Å². The van der Waals surface area contributed by atoms with Crippen molar-refractivity contribution >= 4 is 16.7 Å². The van der Waals surface area contributed by atoms with Crippen LogP contribution in [0.4, 0.5) is 5.69 Å². The summed E-state index contributed by atoms with van der Waals surface area (Å²) >= 11 is 0. The van der Waals surface area contributed by atoms with Crippen molar-refractivity contribution in [1.82, 2.24) is 4.73 Å². The lowest BCUT2D eigenvalue weighted by atomic mass is 10.1. The lowest BCUT2D eigenvalue weighted by Crippen LogP contribution is -2.28. The van der Waals surface area contributed by atoms with Crippen LogP contribution in [0.25, 0.3) is 16.7 Å². The van der Waals surface area contributed by atoms with E-state index in [0.717, 1.165) is 45.9 Å². The first-order chi connectivity index (χ1) is 14.2. The Morgan fingerprint density at radius 3 is 2.34 bits per heavy atom. The molecule has 0 saturated carbocycles. The van der Waals surface area contributed by atoms with Gasteiger partial charge in [-0.05, 0) is 65.6 Å². The molecule has 5 nitrogen and oxygen atoms in total. The molecule has 1 heterocycles. The van der Waals surface area contributed by atoms with E-state index in [9.17, 15) is 5.21 Å². The van der Waals surface area contributed by atoms with Crippen LogP contribution in [-0.4, -0.2) is 16.5 Å². The fourth-order valence-electron chi connectivity index (χ4n) is 3.43. The van der Waals surface area contributed by atoms with E-state index < -0.39 is 0 Å². The molecule has 3 aromatic carbocycles. The Balaban J connectivity index is 1.55. The lowest BCUT2D eigenvalue weighted by Gasteiger charge is -2.07. The fourth-order valence-corrected chi connectivity index (χ4v) is 3.43. The van der Waals surface area contributed by atoms with Crippen LogP contribution in [0.5, 0.6) is 5.75 Å². The summed E-state index contributed by atoms with van der Waals surface area (Å²) in [6, 6.07) is 22.5. The predicted octanol–water partition coefficient (Wildman–Crippen LogP) is 4.73. The van der Waals surface area contributed by atoms with Crippen LogP contribution in [-0.2, 0) is 13.0 Å². The van der Waals surface area contributed by atoms with Gasteiger partial charge < -0.3 is 15.3 Å². The molecule has 0 aliphatic carbocycles. The monoisotopic (exact) mass is 388 g/mol. The van der Waals surface area contributed by atoms with Crippen molar-refractivity contribution in [3.05, 3.63) is 84.2 Å². The Kier molecular flexibility index (Phi) is 5.38. The molecule has 2 N–H and O–H groups in total. The number of aryl methyl sites for hydroxylation is 1. The SMILES string of the molecule is CCOc1ccc(-[n+]2cn(O)c3cc(NCc4ccc(CC)cc4)ccc32)cc1. The average molecular weight is 388 g/mol. The van der Waals surface area contributed by atoms with Gasteiger partial charge in [0.15, 0.2) is 5.52 Å². The Labute approximate surface area is 170 Å². The normalized spacial score (nSPS) is 11.0. The molecule has 0 saturated heterocycles. The summed E-state index contributed by atoms with van der Waals surface area (Å²) in [6.45, 7) is 5.50. The van der Waals surface area contributed by atoms with Gasteiger partial charge >= 0.3 is 0 Å². The number of ether oxygens (including phenoxy) is 1. The second-order valence-corrected chi connectivity index (χ2v) is 6.98. The molecule has 1 aromatic heterocycles. The molecule has 0 radical (unpaired) electrons. The van der Waals surface area contributed by atoms with E-state index in [0.29, 0.717) is 6.61 Å². The molecule has 4 aromatic rings. The number of benzene rings is 3. The van der Waals surface area contributed by atoms with Gasteiger partial charge in [-0.1, -0.05) is 31.2 Å². The fraction of sp³-hybridized carbons (Fsp3) is 0.208. The number of imidazole rings is 1. The van der Waals surface area contributed by atoms with E-state index in [2.05, 4.69) is 36.5 Å². The van der Waals surface area contributed by atoms with Crippen molar-refractivity contribution in [2.75, 3.05) is 11.9 Å². The van der Waals surface area contributed by atoms with Gasteiger partial charge in [0.05, 0.1) is 6.61 Å². The Hall–Kier alpha value is -3.47. The number of hydrogen-bond acceptors (Lipinski definition) is 3. The highest BCUT2D eigenvalue weighted by Crippen LogP contribution is 2.20. The predicted molar refractivity (Wildman–Crippen MR) is 115 cm³/mol. The molecule has 0 aliphatic heterocycles. The standard InChI is InChI=1S/C24H26N3O2/c1-3-18-5-7-19(8-6-18)16-25-20-9-14-23-24(15-20)27(28)17-26(23)21-10-12-22(13-11-21)29-4-2/h5-15,17,25,28H,3-4,16H2,1-2H3/q+1. The minimum Gasteiger partial charge on any atom is -0.494 e. The third-order valence-electron chi connectivity index (χ3n) is 5.06. The largest absolute Gasteiger partial charge is 0.494 e. The van der Waals surface area contributed by atoms with Gasteiger partial charge in [0, 0.05) is 18.3 Å². The topological polar surface area (TPSA) is 50.3 Å². The smallest absolute Gasteiger partial charge is 0.290 e. The van der Waals surface area contributed by atoms with Crippen LogP contribution in [0, 0.1) is 0 Å². The van der Waals surface area contributed by atoms with Gasteiger partial charge in [-0.2, -0.15) is 4.57 Å². The van der Waals surface area contributed by atoms with E-state index >= 15 is 0 Å². The van der Waals surface area contributed by atoms with Gasteiger partial charge in [-0.3, -0.25) is 0 Å². The molecular formula is C24H26N3O2+. The molecular weight excluding hydrogens is 362 g/mol. The van der Waals surface area contributed by atoms with Crippen molar-refractivity contribution < 1.29 is 14.5 Å².